The third-order valence-electron chi connectivity index (χ3n) is 4.44. The van der Waals surface area contributed by atoms with Crippen LogP contribution in [0.25, 0.3) is 11.1 Å². The molecule has 0 N–H and O–H groups in total. The lowest BCUT2D eigenvalue weighted by molar-refractivity contribution is 0.292. The molecule has 4 heteroatoms. The molecule has 3 nitrogen and oxygen atoms in total. The summed E-state index contributed by atoms with van der Waals surface area (Å²) >= 11 is 1.86. The smallest absolute Gasteiger partial charge is 0.217 e. The van der Waals surface area contributed by atoms with Gasteiger partial charge < -0.3 is 9.47 Å². The van der Waals surface area contributed by atoms with Crippen LogP contribution in [0.3, 0.4) is 0 Å². The summed E-state index contributed by atoms with van der Waals surface area (Å²) in [7, 11) is 1.72. The molecule has 1 heterocycles. The average Bonchev–Trinajstić information content (AvgIpc) is 3.11. The van der Waals surface area contributed by atoms with Crippen LogP contribution in [0.4, 0.5) is 0 Å². The van der Waals surface area contributed by atoms with E-state index in [4.69, 9.17) is 14.5 Å². The minimum absolute atomic E-state index is 0.212. The van der Waals surface area contributed by atoms with E-state index in [2.05, 4.69) is 58.0 Å². The lowest BCUT2D eigenvalue weighted by Gasteiger charge is -2.17. The number of aliphatic imine (C=N–C) groups is 1. The van der Waals surface area contributed by atoms with Gasteiger partial charge in [0.05, 0.1) is 13.2 Å². The predicted octanol–water partition coefficient (Wildman–Crippen LogP) is 5.66. The molecule has 0 saturated heterocycles. The first-order valence-corrected chi connectivity index (χ1v) is 10.0. The van der Waals surface area contributed by atoms with Crippen molar-refractivity contribution in [1.29, 1.82) is 0 Å². The summed E-state index contributed by atoms with van der Waals surface area (Å²) in [6.07, 6.45) is 0. The average molecular weight is 370 g/mol. The van der Waals surface area contributed by atoms with Crippen molar-refractivity contribution >= 4 is 17.7 Å². The SMILES string of the molecule is COc1cccc(C2=N[C@@H](C(C)C)CO2)c1-c1ccccc1SC(C)C. The van der Waals surface area contributed by atoms with Gasteiger partial charge in [-0.15, -0.1) is 11.8 Å². The van der Waals surface area contributed by atoms with Crippen LogP contribution in [0.2, 0.25) is 0 Å². The van der Waals surface area contributed by atoms with E-state index in [-0.39, 0.29) is 6.04 Å². The number of methoxy groups -OCH3 is 1. The van der Waals surface area contributed by atoms with Crippen LogP contribution in [-0.4, -0.2) is 30.9 Å². The highest BCUT2D eigenvalue weighted by Crippen LogP contribution is 2.41. The molecule has 0 spiro atoms. The second-order valence-electron chi connectivity index (χ2n) is 7.10. The van der Waals surface area contributed by atoms with Crippen LogP contribution in [0.1, 0.15) is 33.3 Å². The molecule has 1 atom stereocenters. The maximum atomic E-state index is 5.98. The van der Waals surface area contributed by atoms with Gasteiger partial charge in [-0.2, -0.15) is 0 Å². The molecule has 1 aliphatic heterocycles. The van der Waals surface area contributed by atoms with Crippen molar-refractivity contribution in [3.63, 3.8) is 0 Å². The highest BCUT2D eigenvalue weighted by atomic mass is 32.2. The van der Waals surface area contributed by atoms with E-state index in [0.29, 0.717) is 17.8 Å². The van der Waals surface area contributed by atoms with Gasteiger partial charge in [-0.05, 0) is 29.7 Å². The summed E-state index contributed by atoms with van der Waals surface area (Å²) in [5, 5.41) is 0.500. The molecule has 2 aromatic rings. The Morgan fingerprint density at radius 2 is 1.77 bits per heavy atom. The molecule has 138 valence electrons. The Morgan fingerprint density at radius 1 is 1.04 bits per heavy atom. The van der Waals surface area contributed by atoms with Gasteiger partial charge in [0.1, 0.15) is 12.4 Å². The molecule has 2 aromatic carbocycles. The number of hydrogen-bond donors (Lipinski definition) is 0. The Balaban J connectivity index is 2.15. The fourth-order valence-corrected chi connectivity index (χ4v) is 4.03. The van der Waals surface area contributed by atoms with E-state index in [1.54, 1.807) is 7.11 Å². The molecule has 26 heavy (non-hydrogen) atoms. The maximum absolute atomic E-state index is 5.98. The number of thioether (sulfide) groups is 1. The zero-order valence-corrected chi connectivity index (χ0v) is 17.0. The van der Waals surface area contributed by atoms with Crippen molar-refractivity contribution in [2.24, 2.45) is 10.9 Å². The van der Waals surface area contributed by atoms with E-state index >= 15 is 0 Å². The van der Waals surface area contributed by atoms with Crippen LogP contribution < -0.4 is 4.74 Å². The van der Waals surface area contributed by atoms with Crippen molar-refractivity contribution < 1.29 is 9.47 Å². The van der Waals surface area contributed by atoms with Crippen molar-refractivity contribution in [3.8, 4) is 16.9 Å². The quantitative estimate of drug-likeness (QED) is 0.615. The molecule has 0 bridgehead atoms. The Labute approximate surface area is 160 Å². The monoisotopic (exact) mass is 369 g/mol. The Morgan fingerprint density at radius 3 is 2.42 bits per heavy atom. The second-order valence-corrected chi connectivity index (χ2v) is 8.72. The van der Waals surface area contributed by atoms with Crippen molar-refractivity contribution in [2.45, 2.75) is 43.9 Å². The minimum atomic E-state index is 0.212. The third-order valence-corrected chi connectivity index (χ3v) is 5.52. The van der Waals surface area contributed by atoms with Crippen LogP contribution in [0.15, 0.2) is 52.4 Å². The number of ether oxygens (including phenoxy) is 2. The molecular formula is C22H27NO2S. The summed E-state index contributed by atoms with van der Waals surface area (Å²) in [6, 6.07) is 14.8. The lowest BCUT2D eigenvalue weighted by atomic mass is 9.98. The first-order valence-electron chi connectivity index (χ1n) is 9.15. The van der Waals surface area contributed by atoms with Gasteiger partial charge in [-0.25, -0.2) is 4.99 Å². The van der Waals surface area contributed by atoms with Gasteiger partial charge in [0, 0.05) is 21.3 Å². The molecule has 3 rings (SSSR count). The number of rotatable bonds is 6. The predicted molar refractivity (Wildman–Crippen MR) is 111 cm³/mol. The molecule has 0 aliphatic carbocycles. The van der Waals surface area contributed by atoms with Crippen LogP contribution in [0, 0.1) is 5.92 Å². The lowest BCUT2D eigenvalue weighted by Crippen LogP contribution is -2.13. The summed E-state index contributed by atoms with van der Waals surface area (Å²) in [4.78, 5) is 6.08. The molecule has 1 aliphatic rings. The number of nitrogens with zero attached hydrogens (tertiary/aromatic N) is 1. The molecular weight excluding hydrogens is 342 g/mol. The van der Waals surface area contributed by atoms with Gasteiger partial charge in [0.2, 0.25) is 5.90 Å². The molecule has 0 unspecified atom stereocenters. The van der Waals surface area contributed by atoms with E-state index in [1.165, 1.54) is 4.90 Å². The first kappa shape index (κ1) is 18.8. The highest BCUT2D eigenvalue weighted by Gasteiger charge is 2.26. The van der Waals surface area contributed by atoms with Crippen molar-refractivity contribution in [3.05, 3.63) is 48.0 Å². The summed E-state index contributed by atoms with van der Waals surface area (Å²) in [5.74, 6) is 2.03. The first-order chi connectivity index (χ1) is 12.5. The van der Waals surface area contributed by atoms with Crippen molar-refractivity contribution in [2.75, 3.05) is 13.7 Å². The standard InChI is InChI=1S/C22H27NO2S/c1-14(2)18-13-25-22(23-18)17-10-8-11-19(24-5)21(17)16-9-6-7-12-20(16)26-15(3)4/h6-12,14-15,18H,13H2,1-5H3/t18-/m1/s1. The third kappa shape index (κ3) is 3.90. The molecule has 0 saturated carbocycles. The maximum Gasteiger partial charge on any atom is 0.217 e. The number of benzene rings is 2. The van der Waals surface area contributed by atoms with E-state index < -0.39 is 0 Å². The normalized spacial score (nSPS) is 16.7. The van der Waals surface area contributed by atoms with Gasteiger partial charge in [-0.3, -0.25) is 0 Å². The molecule has 0 amide bonds. The van der Waals surface area contributed by atoms with E-state index in [9.17, 15) is 0 Å². The van der Waals surface area contributed by atoms with Gasteiger partial charge in [-0.1, -0.05) is 52.0 Å². The summed E-state index contributed by atoms with van der Waals surface area (Å²) < 4.78 is 11.7. The highest BCUT2D eigenvalue weighted by molar-refractivity contribution is 8.00. The Bertz CT molecular complexity index is 798. The van der Waals surface area contributed by atoms with E-state index in [1.807, 2.05) is 23.9 Å². The minimum Gasteiger partial charge on any atom is -0.496 e. The number of hydrogen-bond acceptors (Lipinski definition) is 4. The molecule has 0 fully saturated rings. The van der Waals surface area contributed by atoms with Crippen LogP contribution >= 0.6 is 11.8 Å². The van der Waals surface area contributed by atoms with Crippen LogP contribution in [-0.2, 0) is 4.74 Å². The Kier molecular flexibility index (Phi) is 5.92. The van der Waals surface area contributed by atoms with Crippen molar-refractivity contribution in [1.82, 2.24) is 0 Å². The molecule has 0 aromatic heterocycles. The largest absolute Gasteiger partial charge is 0.496 e. The summed E-state index contributed by atoms with van der Waals surface area (Å²) in [5.41, 5.74) is 3.23. The zero-order valence-electron chi connectivity index (χ0n) is 16.2. The second kappa shape index (κ2) is 8.17. The Hall–Kier alpha value is -1.94. The fourth-order valence-electron chi connectivity index (χ4n) is 3.07. The van der Waals surface area contributed by atoms with Crippen LogP contribution in [0.5, 0.6) is 5.75 Å². The fraction of sp³-hybridized carbons (Fsp3) is 0.409. The van der Waals surface area contributed by atoms with Gasteiger partial charge in [0.15, 0.2) is 0 Å². The van der Waals surface area contributed by atoms with E-state index in [0.717, 1.165) is 28.3 Å². The topological polar surface area (TPSA) is 30.8 Å². The van der Waals surface area contributed by atoms with Gasteiger partial charge in [0.25, 0.3) is 0 Å². The zero-order chi connectivity index (χ0) is 18.7. The molecule has 0 radical (unpaired) electrons. The van der Waals surface area contributed by atoms with Gasteiger partial charge >= 0.3 is 0 Å². The summed E-state index contributed by atoms with van der Waals surface area (Å²) in [6.45, 7) is 9.43.